The summed E-state index contributed by atoms with van der Waals surface area (Å²) in [7, 11) is 0. The minimum Gasteiger partial charge on any atom is -0.507 e. The fourth-order valence-corrected chi connectivity index (χ4v) is 3.04. The lowest BCUT2D eigenvalue weighted by Gasteiger charge is -2.16. The van der Waals surface area contributed by atoms with Crippen LogP contribution in [0.4, 0.5) is 0 Å². The maximum absolute atomic E-state index is 9.46. The van der Waals surface area contributed by atoms with E-state index in [0.717, 1.165) is 16.9 Å². The van der Waals surface area contributed by atoms with Crippen molar-refractivity contribution < 1.29 is 5.11 Å². The Bertz CT molecular complexity index is 394. The third-order valence-corrected chi connectivity index (χ3v) is 4.50. The van der Waals surface area contributed by atoms with Crippen LogP contribution < -0.4 is 5.32 Å². The maximum Gasteiger partial charge on any atom is 0.129 e. The molecule has 1 fully saturated rings. The molecule has 100 valence electrons. The topological polar surface area (TPSA) is 32.3 Å². The minimum absolute atomic E-state index is 0.307. The fraction of sp³-hybridized carbons (Fsp3) is 0.600. The Morgan fingerprint density at radius 3 is 2.89 bits per heavy atom. The highest BCUT2D eigenvalue weighted by atomic mass is 79.9. The van der Waals surface area contributed by atoms with Gasteiger partial charge < -0.3 is 10.4 Å². The average molecular weight is 312 g/mol. The number of rotatable bonds is 3. The van der Waals surface area contributed by atoms with Gasteiger partial charge in [-0.15, -0.1) is 0 Å². The summed E-state index contributed by atoms with van der Waals surface area (Å²) < 4.78 is 0.774. The van der Waals surface area contributed by atoms with Crippen LogP contribution in [-0.4, -0.2) is 11.1 Å². The number of aromatic hydroxyl groups is 1. The molecule has 2 nitrogen and oxygen atoms in total. The summed E-state index contributed by atoms with van der Waals surface area (Å²) in [5.41, 5.74) is 1.22. The summed E-state index contributed by atoms with van der Waals surface area (Å²) in [6.45, 7) is 3.25. The average Bonchev–Trinajstić information content (AvgIpc) is 2.56. The number of halogens is 1. The summed E-state index contributed by atoms with van der Waals surface area (Å²) in [6, 6.07) is 6.37. The number of hydrogen-bond acceptors (Lipinski definition) is 2. The van der Waals surface area contributed by atoms with Gasteiger partial charge in [0.2, 0.25) is 0 Å². The summed E-state index contributed by atoms with van der Waals surface area (Å²) in [5, 5.41) is 13.1. The van der Waals surface area contributed by atoms with Crippen LogP contribution in [-0.2, 0) is 6.54 Å². The van der Waals surface area contributed by atoms with Gasteiger partial charge in [-0.05, 0) is 58.8 Å². The van der Waals surface area contributed by atoms with E-state index in [4.69, 9.17) is 0 Å². The van der Waals surface area contributed by atoms with Crippen LogP contribution in [0.1, 0.15) is 44.6 Å². The highest BCUT2D eigenvalue weighted by Gasteiger charge is 2.15. The zero-order chi connectivity index (χ0) is 13.0. The van der Waals surface area contributed by atoms with Gasteiger partial charge in [0.15, 0.2) is 0 Å². The summed E-state index contributed by atoms with van der Waals surface area (Å²) in [5.74, 6) is 1.20. The quantitative estimate of drug-likeness (QED) is 0.819. The summed E-state index contributed by atoms with van der Waals surface area (Å²) >= 11 is 3.35. The highest BCUT2D eigenvalue weighted by molar-refractivity contribution is 9.10. The van der Waals surface area contributed by atoms with E-state index in [1.165, 1.54) is 37.7 Å². The molecule has 1 aliphatic carbocycles. The van der Waals surface area contributed by atoms with Crippen molar-refractivity contribution >= 4 is 15.9 Å². The maximum atomic E-state index is 9.46. The Balaban J connectivity index is 1.85. The minimum atomic E-state index is 0.307. The normalized spacial score (nSPS) is 24.8. The molecule has 0 aromatic heterocycles. The van der Waals surface area contributed by atoms with Crippen LogP contribution in [0.3, 0.4) is 0 Å². The Hall–Kier alpha value is -0.540. The molecule has 2 rings (SSSR count). The summed E-state index contributed by atoms with van der Waals surface area (Å²) in [6.07, 6.45) is 6.65. The van der Waals surface area contributed by atoms with Crippen LogP contribution in [0, 0.1) is 5.92 Å². The van der Waals surface area contributed by atoms with Crippen molar-refractivity contribution in [2.75, 3.05) is 0 Å². The molecule has 2 atom stereocenters. The lowest BCUT2D eigenvalue weighted by Crippen LogP contribution is -2.27. The second kappa shape index (κ2) is 6.58. The number of benzene rings is 1. The Kier molecular flexibility index (Phi) is 5.07. The molecule has 0 amide bonds. The molecule has 1 aliphatic rings. The van der Waals surface area contributed by atoms with Crippen molar-refractivity contribution in [3.63, 3.8) is 0 Å². The van der Waals surface area contributed by atoms with Crippen molar-refractivity contribution in [1.29, 1.82) is 0 Å². The molecule has 1 saturated carbocycles. The van der Waals surface area contributed by atoms with Crippen molar-refractivity contribution in [2.45, 2.75) is 51.6 Å². The zero-order valence-electron chi connectivity index (χ0n) is 11.0. The largest absolute Gasteiger partial charge is 0.507 e. The Morgan fingerprint density at radius 1 is 1.28 bits per heavy atom. The number of hydrogen-bond donors (Lipinski definition) is 2. The second-order valence-electron chi connectivity index (χ2n) is 5.48. The molecule has 18 heavy (non-hydrogen) atoms. The first kappa shape index (κ1) is 13.9. The molecule has 1 aromatic rings. The number of phenols is 1. The van der Waals surface area contributed by atoms with E-state index in [0.29, 0.717) is 11.8 Å². The van der Waals surface area contributed by atoms with Gasteiger partial charge in [-0.2, -0.15) is 0 Å². The predicted molar refractivity (Wildman–Crippen MR) is 78.7 cm³/mol. The van der Waals surface area contributed by atoms with E-state index in [9.17, 15) is 5.11 Å². The van der Waals surface area contributed by atoms with E-state index >= 15 is 0 Å². The monoisotopic (exact) mass is 311 g/mol. The predicted octanol–water partition coefficient (Wildman–Crippen LogP) is 4.21. The number of nitrogens with one attached hydrogen (secondary N) is 1. The third kappa shape index (κ3) is 3.99. The molecule has 2 N–H and O–H groups in total. The molecule has 0 bridgehead atoms. The van der Waals surface area contributed by atoms with Crippen molar-refractivity contribution in [3.05, 3.63) is 28.2 Å². The first-order chi connectivity index (χ1) is 8.65. The van der Waals surface area contributed by atoms with Crippen molar-refractivity contribution in [1.82, 2.24) is 5.32 Å². The molecule has 0 heterocycles. The van der Waals surface area contributed by atoms with Crippen molar-refractivity contribution in [2.24, 2.45) is 5.92 Å². The lowest BCUT2D eigenvalue weighted by atomic mass is 10.0. The molecule has 0 radical (unpaired) electrons. The molecular weight excluding hydrogens is 290 g/mol. The van der Waals surface area contributed by atoms with Gasteiger partial charge in [-0.3, -0.25) is 0 Å². The molecule has 0 saturated heterocycles. The molecule has 2 unspecified atom stereocenters. The van der Waals surface area contributed by atoms with Gasteiger partial charge in [0.05, 0.1) is 4.47 Å². The third-order valence-electron chi connectivity index (χ3n) is 3.86. The van der Waals surface area contributed by atoms with E-state index in [2.05, 4.69) is 28.2 Å². The standard InChI is InChI=1S/C15H22BrNO/c1-11-3-2-4-13(7-5-11)17-10-12-6-8-15(18)14(16)9-12/h6,8-9,11,13,17-18H,2-5,7,10H2,1H3. The van der Waals surface area contributed by atoms with Crippen molar-refractivity contribution in [3.8, 4) is 5.75 Å². The highest BCUT2D eigenvalue weighted by Crippen LogP contribution is 2.25. The molecular formula is C15H22BrNO. The van der Waals surface area contributed by atoms with Gasteiger partial charge in [0.1, 0.15) is 5.75 Å². The first-order valence-electron chi connectivity index (χ1n) is 6.86. The van der Waals surface area contributed by atoms with E-state index in [-0.39, 0.29) is 0 Å². The second-order valence-corrected chi connectivity index (χ2v) is 6.33. The fourth-order valence-electron chi connectivity index (χ4n) is 2.61. The van der Waals surface area contributed by atoms with Crippen LogP contribution >= 0.6 is 15.9 Å². The van der Waals surface area contributed by atoms with Crippen LogP contribution in [0.15, 0.2) is 22.7 Å². The molecule has 0 spiro atoms. The molecule has 1 aromatic carbocycles. The molecule has 0 aliphatic heterocycles. The van der Waals surface area contributed by atoms with Crippen LogP contribution in [0.2, 0.25) is 0 Å². The number of phenolic OH excluding ortho intramolecular Hbond substituents is 1. The van der Waals surface area contributed by atoms with Gasteiger partial charge in [0, 0.05) is 12.6 Å². The summed E-state index contributed by atoms with van der Waals surface area (Å²) in [4.78, 5) is 0. The van der Waals surface area contributed by atoms with E-state index < -0.39 is 0 Å². The first-order valence-corrected chi connectivity index (χ1v) is 7.65. The van der Waals surface area contributed by atoms with Gasteiger partial charge in [-0.25, -0.2) is 0 Å². The van der Waals surface area contributed by atoms with Gasteiger partial charge >= 0.3 is 0 Å². The van der Waals surface area contributed by atoms with E-state index in [1.807, 2.05) is 12.1 Å². The zero-order valence-corrected chi connectivity index (χ0v) is 12.5. The molecule has 3 heteroatoms. The van der Waals surface area contributed by atoms with Crippen LogP contribution in [0.5, 0.6) is 5.75 Å². The van der Waals surface area contributed by atoms with E-state index in [1.54, 1.807) is 6.07 Å². The SMILES string of the molecule is CC1CCCC(NCc2ccc(O)c(Br)c2)CC1. The van der Waals surface area contributed by atoms with Gasteiger partial charge in [0.25, 0.3) is 0 Å². The van der Waals surface area contributed by atoms with Crippen LogP contribution in [0.25, 0.3) is 0 Å². The Labute approximate surface area is 118 Å². The smallest absolute Gasteiger partial charge is 0.129 e. The lowest BCUT2D eigenvalue weighted by molar-refractivity contribution is 0.446. The van der Waals surface area contributed by atoms with Gasteiger partial charge in [-0.1, -0.05) is 25.8 Å². The Morgan fingerprint density at radius 2 is 2.11 bits per heavy atom.